The van der Waals surface area contributed by atoms with Gasteiger partial charge >= 0.3 is 0 Å². The number of nitrogens with zero attached hydrogens (tertiary/aromatic N) is 1. The molecule has 6 heteroatoms. The number of carbonyl (C=O) groups is 2. The predicted octanol–water partition coefficient (Wildman–Crippen LogP) is 2.73. The van der Waals surface area contributed by atoms with Crippen molar-refractivity contribution < 1.29 is 14.3 Å². The Bertz CT molecular complexity index is 893. The summed E-state index contributed by atoms with van der Waals surface area (Å²) in [5.74, 6) is -0.153. The number of rotatable bonds is 7. The van der Waals surface area contributed by atoms with Crippen LogP contribution in [-0.4, -0.2) is 43.0 Å². The first-order chi connectivity index (χ1) is 14.7. The lowest BCUT2D eigenvalue weighted by molar-refractivity contribution is -0.122. The van der Waals surface area contributed by atoms with Gasteiger partial charge in [-0.15, -0.1) is 0 Å². The van der Waals surface area contributed by atoms with Crippen molar-refractivity contribution >= 4 is 17.5 Å². The number of amides is 2. The van der Waals surface area contributed by atoms with Crippen LogP contribution in [0.4, 0.5) is 5.69 Å². The molecule has 0 bridgehead atoms. The van der Waals surface area contributed by atoms with Gasteiger partial charge < -0.3 is 15.4 Å². The minimum Gasteiger partial charge on any atom is -0.379 e. The molecule has 0 aliphatic carbocycles. The van der Waals surface area contributed by atoms with E-state index in [4.69, 9.17) is 4.74 Å². The van der Waals surface area contributed by atoms with Crippen LogP contribution in [0, 0.1) is 5.92 Å². The summed E-state index contributed by atoms with van der Waals surface area (Å²) in [5.41, 5.74) is 4.37. The van der Waals surface area contributed by atoms with Gasteiger partial charge in [-0.05, 0) is 35.6 Å². The van der Waals surface area contributed by atoms with E-state index in [-0.39, 0.29) is 17.7 Å². The first kappa shape index (κ1) is 20.6. The van der Waals surface area contributed by atoms with Gasteiger partial charge in [0.15, 0.2) is 0 Å². The van der Waals surface area contributed by atoms with Crippen LogP contribution in [-0.2, 0) is 33.8 Å². The monoisotopic (exact) mass is 407 g/mol. The van der Waals surface area contributed by atoms with E-state index >= 15 is 0 Å². The third-order valence-corrected chi connectivity index (χ3v) is 5.82. The number of fused-ring (bicyclic) bond motifs is 1. The highest BCUT2D eigenvalue weighted by Gasteiger charge is 2.26. The predicted molar refractivity (Wildman–Crippen MR) is 116 cm³/mol. The second-order valence-electron chi connectivity index (χ2n) is 8.07. The van der Waals surface area contributed by atoms with Gasteiger partial charge in [0.25, 0.3) is 0 Å². The van der Waals surface area contributed by atoms with E-state index in [0.717, 1.165) is 49.7 Å². The number of hydrogen-bond donors (Lipinski definition) is 2. The Morgan fingerprint density at radius 2 is 1.90 bits per heavy atom. The Labute approximate surface area is 177 Å². The summed E-state index contributed by atoms with van der Waals surface area (Å²) in [5, 5.41) is 5.95. The van der Waals surface area contributed by atoms with Gasteiger partial charge in [-0.1, -0.05) is 42.5 Å². The highest BCUT2D eigenvalue weighted by molar-refractivity contribution is 5.96. The third-order valence-electron chi connectivity index (χ3n) is 5.82. The van der Waals surface area contributed by atoms with E-state index in [1.165, 1.54) is 5.56 Å². The summed E-state index contributed by atoms with van der Waals surface area (Å²) in [6.07, 6.45) is 1.61. The number of hydrogen-bond acceptors (Lipinski definition) is 4. The molecule has 2 heterocycles. The van der Waals surface area contributed by atoms with Crippen LogP contribution in [0.1, 0.15) is 29.5 Å². The Balaban J connectivity index is 1.23. The molecule has 1 saturated heterocycles. The molecule has 158 valence electrons. The number of ether oxygens (including phenoxy) is 1. The third kappa shape index (κ3) is 5.46. The molecule has 30 heavy (non-hydrogen) atoms. The Kier molecular flexibility index (Phi) is 6.77. The zero-order chi connectivity index (χ0) is 20.8. The van der Waals surface area contributed by atoms with E-state index in [2.05, 4.69) is 27.7 Å². The van der Waals surface area contributed by atoms with Gasteiger partial charge in [-0.2, -0.15) is 0 Å². The molecule has 0 radical (unpaired) electrons. The van der Waals surface area contributed by atoms with Gasteiger partial charge in [0.2, 0.25) is 11.8 Å². The SMILES string of the molecule is O=C(CCC1Cc2ccccc2NC1=O)NCc1cccc(CN2CCOCC2)c1. The summed E-state index contributed by atoms with van der Waals surface area (Å²) in [6.45, 7) is 4.92. The lowest BCUT2D eigenvalue weighted by atomic mass is 9.89. The van der Waals surface area contributed by atoms with Crippen molar-refractivity contribution in [2.24, 2.45) is 5.92 Å². The zero-order valence-corrected chi connectivity index (χ0v) is 17.2. The molecular formula is C24H29N3O3. The molecule has 4 rings (SSSR count). The summed E-state index contributed by atoms with van der Waals surface area (Å²) in [7, 11) is 0. The van der Waals surface area contributed by atoms with E-state index in [1.807, 2.05) is 36.4 Å². The summed E-state index contributed by atoms with van der Waals surface area (Å²) < 4.78 is 5.40. The summed E-state index contributed by atoms with van der Waals surface area (Å²) in [6, 6.07) is 16.2. The molecule has 0 aromatic heterocycles. The van der Waals surface area contributed by atoms with Crippen molar-refractivity contribution in [1.29, 1.82) is 0 Å². The molecular weight excluding hydrogens is 378 g/mol. The second kappa shape index (κ2) is 9.87. The van der Waals surface area contributed by atoms with Crippen LogP contribution in [0.25, 0.3) is 0 Å². The van der Waals surface area contributed by atoms with Crippen molar-refractivity contribution in [2.45, 2.75) is 32.4 Å². The van der Waals surface area contributed by atoms with Gasteiger partial charge in [0.05, 0.1) is 13.2 Å². The molecule has 2 aliphatic heterocycles. The standard InChI is InChI=1S/C24H29N3O3/c28-23(9-8-21-15-20-6-1-2-7-22(20)26-24(21)29)25-16-18-4-3-5-19(14-18)17-27-10-12-30-13-11-27/h1-7,14,21H,8-13,15-17H2,(H,25,28)(H,26,29). The first-order valence-corrected chi connectivity index (χ1v) is 10.7. The summed E-state index contributed by atoms with van der Waals surface area (Å²) >= 11 is 0. The van der Waals surface area contributed by atoms with Crippen LogP contribution in [0.3, 0.4) is 0 Å². The second-order valence-corrected chi connectivity index (χ2v) is 8.07. The molecule has 0 spiro atoms. The van der Waals surface area contributed by atoms with E-state index in [0.29, 0.717) is 25.8 Å². The Morgan fingerprint density at radius 3 is 2.77 bits per heavy atom. The number of para-hydroxylation sites is 1. The maximum atomic E-state index is 12.3. The van der Waals surface area contributed by atoms with Crippen LogP contribution in [0.2, 0.25) is 0 Å². The molecule has 6 nitrogen and oxygen atoms in total. The maximum Gasteiger partial charge on any atom is 0.227 e. The normalized spacial score (nSPS) is 19.1. The average molecular weight is 408 g/mol. The minimum absolute atomic E-state index is 0.0114. The highest BCUT2D eigenvalue weighted by Crippen LogP contribution is 2.27. The molecule has 1 unspecified atom stereocenters. The number of morpholine rings is 1. The van der Waals surface area contributed by atoms with Gasteiger partial charge in [0.1, 0.15) is 0 Å². The average Bonchev–Trinajstić information content (AvgIpc) is 2.77. The lowest BCUT2D eigenvalue weighted by Gasteiger charge is -2.26. The van der Waals surface area contributed by atoms with Crippen molar-refractivity contribution in [3.63, 3.8) is 0 Å². The molecule has 1 atom stereocenters. The smallest absolute Gasteiger partial charge is 0.227 e. The molecule has 0 saturated carbocycles. The van der Waals surface area contributed by atoms with Crippen molar-refractivity contribution in [3.8, 4) is 0 Å². The highest BCUT2D eigenvalue weighted by atomic mass is 16.5. The fraction of sp³-hybridized carbons (Fsp3) is 0.417. The van der Waals surface area contributed by atoms with Crippen molar-refractivity contribution in [2.75, 3.05) is 31.6 Å². The number of carbonyl (C=O) groups excluding carboxylic acids is 2. The Hall–Kier alpha value is -2.70. The van der Waals surface area contributed by atoms with E-state index < -0.39 is 0 Å². The lowest BCUT2D eigenvalue weighted by Crippen LogP contribution is -2.35. The number of nitrogens with one attached hydrogen (secondary N) is 2. The van der Waals surface area contributed by atoms with Gasteiger partial charge in [-0.3, -0.25) is 14.5 Å². The molecule has 2 aromatic rings. The molecule has 2 aliphatic rings. The molecule has 1 fully saturated rings. The van der Waals surface area contributed by atoms with Gasteiger partial charge in [-0.25, -0.2) is 0 Å². The fourth-order valence-electron chi connectivity index (χ4n) is 4.10. The van der Waals surface area contributed by atoms with Crippen LogP contribution >= 0.6 is 0 Å². The maximum absolute atomic E-state index is 12.3. The summed E-state index contributed by atoms with van der Waals surface area (Å²) in [4.78, 5) is 27.0. The van der Waals surface area contributed by atoms with Crippen molar-refractivity contribution in [1.82, 2.24) is 10.2 Å². The minimum atomic E-state index is -0.150. The molecule has 2 aromatic carbocycles. The molecule has 2 amide bonds. The first-order valence-electron chi connectivity index (χ1n) is 10.7. The number of benzene rings is 2. The van der Waals surface area contributed by atoms with E-state index in [9.17, 15) is 9.59 Å². The Morgan fingerprint density at radius 1 is 1.10 bits per heavy atom. The molecule has 2 N–H and O–H groups in total. The van der Waals surface area contributed by atoms with Crippen molar-refractivity contribution in [3.05, 3.63) is 65.2 Å². The zero-order valence-electron chi connectivity index (χ0n) is 17.2. The quantitative estimate of drug-likeness (QED) is 0.740. The fourth-order valence-corrected chi connectivity index (χ4v) is 4.10. The number of anilines is 1. The van der Waals surface area contributed by atoms with Gasteiger partial charge in [0, 0.05) is 44.2 Å². The van der Waals surface area contributed by atoms with Crippen LogP contribution < -0.4 is 10.6 Å². The largest absolute Gasteiger partial charge is 0.379 e. The van der Waals surface area contributed by atoms with Crippen LogP contribution in [0.5, 0.6) is 0 Å². The van der Waals surface area contributed by atoms with E-state index in [1.54, 1.807) is 0 Å². The van der Waals surface area contributed by atoms with Crippen LogP contribution in [0.15, 0.2) is 48.5 Å². The topological polar surface area (TPSA) is 70.7 Å².